The number of hydrogen-bond acceptors (Lipinski definition) is 6. The van der Waals surface area contributed by atoms with Gasteiger partial charge in [0, 0.05) is 30.4 Å². The van der Waals surface area contributed by atoms with E-state index in [1.807, 2.05) is 37.3 Å². The molecule has 1 aromatic heterocycles. The third-order valence-electron chi connectivity index (χ3n) is 5.45. The molecule has 0 fully saturated rings. The first-order valence-electron chi connectivity index (χ1n) is 11.2. The second-order valence-electron chi connectivity index (χ2n) is 7.96. The third kappa shape index (κ3) is 5.68. The van der Waals surface area contributed by atoms with Gasteiger partial charge in [-0.2, -0.15) is 0 Å². The summed E-state index contributed by atoms with van der Waals surface area (Å²) in [6.45, 7) is 2.91. The van der Waals surface area contributed by atoms with Crippen LogP contribution in [0, 0.1) is 5.82 Å². The van der Waals surface area contributed by atoms with E-state index in [9.17, 15) is 9.50 Å². The molecule has 0 aliphatic carbocycles. The Hall–Kier alpha value is -3.97. The Bertz CT molecular complexity index is 1250. The first kappa shape index (κ1) is 23.2. The summed E-state index contributed by atoms with van der Waals surface area (Å²) in [6, 6.07) is 21.0. The van der Waals surface area contributed by atoms with E-state index < -0.39 is 5.82 Å². The second kappa shape index (κ2) is 10.8. The number of hydrogen-bond donors (Lipinski definition) is 3. The number of benzene rings is 3. The quantitative estimate of drug-likeness (QED) is 0.312. The molecular formula is C27H27FN4O2. The van der Waals surface area contributed by atoms with E-state index in [0.717, 1.165) is 17.5 Å². The van der Waals surface area contributed by atoms with Crippen LogP contribution in [0.1, 0.15) is 18.9 Å². The fraction of sp³-hybridized carbons (Fsp3) is 0.185. The SMILES string of the molecule is CC[C@H](N)CNc1ccnc(-c2cc(-c3ccc(F)cc3OCc3ccccc3)ccc2O)n1. The molecule has 34 heavy (non-hydrogen) atoms. The summed E-state index contributed by atoms with van der Waals surface area (Å²) in [6.07, 6.45) is 2.47. The number of anilines is 1. The zero-order valence-electron chi connectivity index (χ0n) is 18.9. The van der Waals surface area contributed by atoms with Crippen molar-refractivity contribution in [3.8, 4) is 34.0 Å². The molecule has 3 aromatic carbocycles. The van der Waals surface area contributed by atoms with Gasteiger partial charge in [-0.3, -0.25) is 0 Å². The van der Waals surface area contributed by atoms with Gasteiger partial charge in [0.15, 0.2) is 5.82 Å². The molecule has 4 N–H and O–H groups in total. The number of nitrogens with zero attached hydrogens (tertiary/aromatic N) is 2. The largest absolute Gasteiger partial charge is 0.507 e. The second-order valence-corrected chi connectivity index (χ2v) is 7.96. The first-order valence-corrected chi connectivity index (χ1v) is 11.2. The Morgan fingerprint density at radius 1 is 1.03 bits per heavy atom. The summed E-state index contributed by atoms with van der Waals surface area (Å²) in [5.41, 5.74) is 8.85. The fourth-order valence-electron chi connectivity index (χ4n) is 3.44. The molecule has 0 bridgehead atoms. The van der Waals surface area contributed by atoms with E-state index in [1.165, 1.54) is 12.1 Å². The zero-order chi connectivity index (χ0) is 23.9. The Morgan fingerprint density at radius 2 is 1.85 bits per heavy atom. The van der Waals surface area contributed by atoms with E-state index in [4.69, 9.17) is 10.5 Å². The van der Waals surface area contributed by atoms with Crippen molar-refractivity contribution in [2.75, 3.05) is 11.9 Å². The predicted octanol–water partition coefficient (Wildman–Crippen LogP) is 5.38. The van der Waals surface area contributed by atoms with Crippen LogP contribution in [-0.2, 0) is 6.61 Å². The van der Waals surface area contributed by atoms with E-state index in [0.29, 0.717) is 41.7 Å². The van der Waals surface area contributed by atoms with Crippen molar-refractivity contribution in [1.82, 2.24) is 9.97 Å². The molecule has 0 spiro atoms. The summed E-state index contributed by atoms with van der Waals surface area (Å²) in [7, 11) is 0. The number of aromatic nitrogens is 2. The topological polar surface area (TPSA) is 93.3 Å². The number of aromatic hydroxyl groups is 1. The lowest BCUT2D eigenvalue weighted by Gasteiger charge is -2.14. The van der Waals surface area contributed by atoms with Crippen LogP contribution < -0.4 is 15.8 Å². The third-order valence-corrected chi connectivity index (χ3v) is 5.45. The number of halogens is 1. The van der Waals surface area contributed by atoms with Gasteiger partial charge in [0.05, 0.1) is 5.56 Å². The summed E-state index contributed by atoms with van der Waals surface area (Å²) in [5, 5.41) is 13.7. The van der Waals surface area contributed by atoms with Crippen LogP contribution in [0.4, 0.5) is 10.2 Å². The van der Waals surface area contributed by atoms with Crippen molar-refractivity contribution >= 4 is 5.82 Å². The zero-order valence-corrected chi connectivity index (χ0v) is 18.9. The fourth-order valence-corrected chi connectivity index (χ4v) is 3.44. The standard InChI is InChI=1S/C27H27FN4O2/c1-2-21(29)16-31-26-12-13-30-27(32-26)23-14-19(8-11-24(23)33)22-10-9-20(28)15-25(22)34-17-18-6-4-3-5-7-18/h3-15,21,33H,2,16-17,29H2,1H3,(H,30,31,32)/t21-/m0/s1. The lowest BCUT2D eigenvalue weighted by Crippen LogP contribution is -2.28. The first-order chi connectivity index (χ1) is 16.5. The van der Waals surface area contributed by atoms with Crippen LogP contribution in [0.3, 0.4) is 0 Å². The lowest BCUT2D eigenvalue weighted by molar-refractivity contribution is 0.306. The highest BCUT2D eigenvalue weighted by atomic mass is 19.1. The maximum Gasteiger partial charge on any atom is 0.165 e. The highest BCUT2D eigenvalue weighted by Gasteiger charge is 2.14. The minimum absolute atomic E-state index is 0.0166. The predicted molar refractivity (Wildman–Crippen MR) is 132 cm³/mol. The summed E-state index contributed by atoms with van der Waals surface area (Å²) < 4.78 is 20.0. The highest BCUT2D eigenvalue weighted by molar-refractivity contribution is 5.77. The molecule has 0 unspecified atom stereocenters. The number of rotatable bonds is 9. The van der Waals surface area contributed by atoms with E-state index >= 15 is 0 Å². The molecule has 1 heterocycles. The van der Waals surface area contributed by atoms with Crippen molar-refractivity contribution in [3.63, 3.8) is 0 Å². The molecule has 0 radical (unpaired) electrons. The highest BCUT2D eigenvalue weighted by Crippen LogP contribution is 2.36. The van der Waals surface area contributed by atoms with Crippen LogP contribution in [0.5, 0.6) is 11.5 Å². The van der Waals surface area contributed by atoms with Gasteiger partial charge in [0.25, 0.3) is 0 Å². The van der Waals surface area contributed by atoms with Crippen molar-refractivity contribution in [2.45, 2.75) is 26.0 Å². The Morgan fingerprint density at radius 3 is 2.65 bits per heavy atom. The average Bonchev–Trinajstić information content (AvgIpc) is 2.87. The van der Waals surface area contributed by atoms with Crippen molar-refractivity contribution in [3.05, 3.63) is 90.4 Å². The van der Waals surface area contributed by atoms with Crippen LogP contribution in [0.15, 0.2) is 79.0 Å². The van der Waals surface area contributed by atoms with Gasteiger partial charge in [-0.1, -0.05) is 43.3 Å². The minimum atomic E-state index is -0.391. The van der Waals surface area contributed by atoms with Gasteiger partial charge in [-0.15, -0.1) is 0 Å². The van der Waals surface area contributed by atoms with E-state index in [1.54, 1.807) is 36.5 Å². The molecule has 7 heteroatoms. The lowest BCUT2D eigenvalue weighted by atomic mass is 10.0. The van der Waals surface area contributed by atoms with Gasteiger partial charge >= 0.3 is 0 Å². The van der Waals surface area contributed by atoms with E-state index in [-0.39, 0.29) is 11.8 Å². The van der Waals surface area contributed by atoms with Crippen molar-refractivity contribution < 1.29 is 14.2 Å². The van der Waals surface area contributed by atoms with Crippen LogP contribution in [0.2, 0.25) is 0 Å². The number of nitrogens with one attached hydrogen (secondary N) is 1. The summed E-state index contributed by atoms with van der Waals surface area (Å²) >= 11 is 0. The molecule has 0 aliphatic rings. The summed E-state index contributed by atoms with van der Waals surface area (Å²) in [4.78, 5) is 8.86. The van der Waals surface area contributed by atoms with Crippen molar-refractivity contribution in [1.29, 1.82) is 0 Å². The molecule has 0 saturated carbocycles. The van der Waals surface area contributed by atoms with Gasteiger partial charge in [-0.05, 0) is 47.9 Å². The molecular weight excluding hydrogens is 431 g/mol. The molecule has 1 atom stereocenters. The molecule has 174 valence electrons. The smallest absolute Gasteiger partial charge is 0.165 e. The van der Waals surface area contributed by atoms with Gasteiger partial charge in [0.1, 0.15) is 29.7 Å². The van der Waals surface area contributed by atoms with E-state index in [2.05, 4.69) is 15.3 Å². The number of ether oxygens (including phenoxy) is 1. The Kier molecular flexibility index (Phi) is 7.34. The minimum Gasteiger partial charge on any atom is -0.507 e. The van der Waals surface area contributed by atoms with Crippen LogP contribution in [-0.4, -0.2) is 27.7 Å². The molecule has 4 aromatic rings. The monoisotopic (exact) mass is 458 g/mol. The maximum absolute atomic E-state index is 14.0. The maximum atomic E-state index is 14.0. The molecule has 0 aliphatic heterocycles. The average molecular weight is 459 g/mol. The normalized spacial score (nSPS) is 11.7. The van der Waals surface area contributed by atoms with Crippen LogP contribution in [0.25, 0.3) is 22.5 Å². The molecule has 4 rings (SSSR count). The number of phenols is 1. The Labute approximate surface area is 198 Å². The van der Waals surface area contributed by atoms with Gasteiger partial charge in [-0.25, -0.2) is 14.4 Å². The van der Waals surface area contributed by atoms with Crippen molar-refractivity contribution in [2.24, 2.45) is 5.73 Å². The van der Waals surface area contributed by atoms with Gasteiger partial charge in [0.2, 0.25) is 0 Å². The van der Waals surface area contributed by atoms with Gasteiger partial charge < -0.3 is 20.9 Å². The summed E-state index contributed by atoms with van der Waals surface area (Å²) in [5.74, 6) is 1.04. The number of phenolic OH excluding ortho intramolecular Hbond substituents is 1. The molecule has 0 amide bonds. The molecule has 0 saturated heterocycles. The Balaban J connectivity index is 1.64. The molecule has 6 nitrogen and oxygen atoms in total. The number of nitrogens with two attached hydrogens (primary N) is 1. The van der Waals surface area contributed by atoms with Crippen LogP contribution >= 0.6 is 0 Å².